The summed E-state index contributed by atoms with van der Waals surface area (Å²) in [5.74, 6) is 0.637. The van der Waals surface area contributed by atoms with Gasteiger partial charge in [-0.2, -0.15) is 13.2 Å². The predicted octanol–water partition coefficient (Wildman–Crippen LogP) is 4.71. The largest absolute Gasteiger partial charge is 0.416 e. The molecule has 0 bridgehead atoms. The van der Waals surface area contributed by atoms with E-state index in [1.165, 1.54) is 12.1 Å². The van der Waals surface area contributed by atoms with Crippen molar-refractivity contribution in [3.05, 3.63) is 29.8 Å². The minimum absolute atomic E-state index is 0.0352. The molecule has 1 saturated heterocycles. The first-order valence-electron chi connectivity index (χ1n) is 12.1. The Morgan fingerprint density at radius 1 is 1.06 bits per heavy atom. The number of hydrogen-bond donors (Lipinski definition) is 1. The molecule has 186 valence electrons. The number of amides is 1. The van der Waals surface area contributed by atoms with Crippen LogP contribution in [0.25, 0.3) is 0 Å². The van der Waals surface area contributed by atoms with E-state index in [2.05, 4.69) is 10.2 Å². The molecular weight excluding hydrogens is 431 g/mol. The number of anilines is 1. The molecule has 1 saturated carbocycles. The van der Waals surface area contributed by atoms with Gasteiger partial charge in [0.05, 0.1) is 11.2 Å². The van der Waals surface area contributed by atoms with Gasteiger partial charge in [-0.3, -0.25) is 9.69 Å². The molecule has 1 N–H and O–H groups in total. The predicted molar refractivity (Wildman–Crippen MR) is 124 cm³/mol. The van der Waals surface area contributed by atoms with Crippen molar-refractivity contribution in [2.75, 3.05) is 44.2 Å². The number of piperazine rings is 1. The normalized spacial score (nSPS) is 22.9. The van der Waals surface area contributed by atoms with Gasteiger partial charge in [0.25, 0.3) is 0 Å². The van der Waals surface area contributed by atoms with Gasteiger partial charge in [0.15, 0.2) is 0 Å². The van der Waals surface area contributed by atoms with Crippen LogP contribution in [-0.4, -0.2) is 61.8 Å². The van der Waals surface area contributed by atoms with Gasteiger partial charge in [-0.1, -0.05) is 6.07 Å². The molecule has 0 unspecified atom stereocenters. The van der Waals surface area contributed by atoms with Gasteiger partial charge in [-0.05, 0) is 83.5 Å². The number of carbonyl (C=O) groups is 1. The van der Waals surface area contributed by atoms with Gasteiger partial charge in [0, 0.05) is 37.9 Å². The molecular formula is C25H38F3N3O2. The molecule has 0 radical (unpaired) electrons. The highest BCUT2D eigenvalue weighted by atomic mass is 19.4. The van der Waals surface area contributed by atoms with Crippen molar-refractivity contribution < 1.29 is 22.7 Å². The summed E-state index contributed by atoms with van der Waals surface area (Å²) >= 11 is 0. The topological polar surface area (TPSA) is 44.8 Å². The second kappa shape index (κ2) is 11.1. The lowest BCUT2D eigenvalue weighted by Crippen LogP contribution is -2.47. The standard InChI is InChI=1S/C25H38F3N3O2/c1-24(2,3)33-18-23(32)29-21-9-7-19(8-10-21)11-12-30-13-15-31(16-14-30)22-6-4-5-20(17-22)25(26,27)28/h4-6,17,19,21H,7-16,18H2,1-3H3,(H,29,32)/t19-,21-. The lowest BCUT2D eigenvalue weighted by atomic mass is 9.84. The molecule has 33 heavy (non-hydrogen) atoms. The molecule has 2 fully saturated rings. The van der Waals surface area contributed by atoms with Crippen LogP contribution in [0.15, 0.2) is 24.3 Å². The minimum atomic E-state index is -4.31. The SMILES string of the molecule is CC(C)(C)OCC(=O)N[C@H]1CC[C@H](CCN2CCN(c3cccc(C(F)(F)F)c3)CC2)CC1. The summed E-state index contributed by atoms with van der Waals surface area (Å²) in [6.45, 7) is 10.2. The third-order valence-corrected chi connectivity index (χ3v) is 6.61. The van der Waals surface area contributed by atoms with Crippen LogP contribution in [0.5, 0.6) is 0 Å². The quantitative estimate of drug-likeness (QED) is 0.628. The van der Waals surface area contributed by atoms with Crippen LogP contribution in [-0.2, 0) is 15.7 Å². The Morgan fingerprint density at radius 3 is 2.33 bits per heavy atom. The average molecular weight is 470 g/mol. The average Bonchev–Trinajstić information content (AvgIpc) is 2.77. The molecule has 1 aliphatic carbocycles. The fourth-order valence-corrected chi connectivity index (χ4v) is 4.62. The van der Waals surface area contributed by atoms with E-state index in [0.717, 1.165) is 70.9 Å². The first-order valence-corrected chi connectivity index (χ1v) is 12.1. The Morgan fingerprint density at radius 2 is 1.73 bits per heavy atom. The zero-order valence-corrected chi connectivity index (χ0v) is 20.1. The summed E-state index contributed by atoms with van der Waals surface area (Å²) in [5, 5.41) is 3.10. The number of nitrogens with zero attached hydrogens (tertiary/aromatic N) is 2. The zero-order chi connectivity index (χ0) is 24.1. The first kappa shape index (κ1) is 25.8. The number of nitrogens with one attached hydrogen (secondary N) is 1. The zero-order valence-electron chi connectivity index (χ0n) is 20.1. The maximum Gasteiger partial charge on any atom is 0.416 e. The van der Waals surface area contributed by atoms with E-state index in [1.54, 1.807) is 6.07 Å². The highest BCUT2D eigenvalue weighted by Gasteiger charge is 2.31. The molecule has 5 nitrogen and oxygen atoms in total. The Bertz CT molecular complexity index is 763. The number of ether oxygens (including phenoxy) is 1. The van der Waals surface area contributed by atoms with Gasteiger partial charge >= 0.3 is 6.18 Å². The summed E-state index contributed by atoms with van der Waals surface area (Å²) in [7, 11) is 0. The highest BCUT2D eigenvalue weighted by molar-refractivity contribution is 5.77. The molecule has 1 amide bonds. The Kier molecular flexibility index (Phi) is 8.67. The van der Waals surface area contributed by atoms with Crippen molar-refractivity contribution >= 4 is 11.6 Å². The number of alkyl halides is 3. The fourth-order valence-electron chi connectivity index (χ4n) is 4.62. The lowest BCUT2D eigenvalue weighted by Gasteiger charge is -2.37. The molecule has 0 aromatic heterocycles. The van der Waals surface area contributed by atoms with Gasteiger partial charge < -0.3 is 15.0 Å². The van der Waals surface area contributed by atoms with Crippen molar-refractivity contribution in [3.8, 4) is 0 Å². The van der Waals surface area contributed by atoms with Gasteiger partial charge in [0.2, 0.25) is 5.91 Å². The number of carbonyl (C=O) groups excluding carboxylic acids is 1. The third kappa shape index (κ3) is 8.49. The van der Waals surface area contributed by atoms with E-state index in [1.807, 2.05) is 25.7 Å². The second-order valence-corrected chi connectivity index (χ2v) is 10.4. The molecule has 3 rings (SSSR count). The number of benzene rings is 1. The van der Waals surface area contributed by atoms with Gasteiger partial charge in [-0.15, -0.1) is 0 Å². The summed E-state index contributed by atoms with van der Waals surface area (Å²) in [6, 6.07) is 5.87. The van der Waals surface area contributed by atoms with E-state index in [9.17, 15) is 18.0 Å². The van der Waals surface area contributed by atoms with Crippen LogP contribution in [0.4, 0.5) is 18.9 Å². The summed E-state index contributed by atoms with van der Waals surface area (Å²) < 4.78 is 44.5. The van der Waals surface area contributed by atoms with E-state index in [4.69, 9.17) is 4.74 Å². The summed E-state index contributed by atoms with van der Waals surface area (Å²) in [4.78, 5) is 16.5. The molecule has 0 spiro atoms. The molecule has 0 atom stereocenters. The second-order valence-electron chi connectivity index (χ2n) is 10.4. The van der Waals surface area contributed by atoms with Crippen LogP contribution < -0.4 is 10.2 Å². The molecule has 1 aliphatic heterocycles. The first-order chi connectivity index (χ1) is 15.5. The minimum Gasteiger partial charge on any atom is -0.369 e. The molecule has 1 heterocycles. The van der Waals surface area contributed by atoms with Crippen LogP contribution >= 0.6 is 0 Å². The van der Waals surface area contributed by atoms with Gasteiger partial charge in [0.1, 0.15) is 6.61 Å². The third-order valence-electron chi connectivity index (χ3n) is 6.61. The van der Waals surface area contributed by atoms with Crippen molar-refractivity contribution in [1.82, 2.24) is 10.2 Å². The smallest absolute Gasteiger partial charge is 0.369 e. The lowest BCUT2D eigenvalue weighted by molar-refractivity contribution is -0.137. The summed E-state index contributed by atoms with van der Waals surface area (Å²) in [6.07, 6.45) is 1.09. The monoisotopic (exact) mass is 469 g/mol. The fraction of sp³-hybridized carbons (Fsp3) is 0.720. The van der Waals surface area contributed by atoms with Crippen molar-refractivity contribution in [3.63, 3.8) is 0 Å². The van der Waals surface area contributed by atoms with Crippen LogP contribution in [0.3, 0.4) is 0 Å². The Hall–Kier alpha value is -1.80. The van der Waals surface area contributed by atoms with Gasteiger partial charge in [-0.25, -0.2) is 0 Å². The molecule has 2 aliphatic rings. The van der Waals surface area contributed by atoms with Crippen LogP contribution in [0.1, 0.15) is 58.4 Å². The van der Waals surface area contributed by atoms with E-state index >= 15 is 0 Å². The number of rotatable bonds is 7. The van der Waals surface area contributed by atoms with Crippen molar-refractivity contribution in [1.29, 1.82) is 0 Å². The van der Waals surface area contributed by atoms with E-state index < -0.39 is 11.7 Å². The maximum atomic E-state index is 13.0. The van der Waals surface area contributed by atoms with E-state index in [-0.39, 0.29) is 24.2 Å². The van der Waals surface area contributed by atoms with Crippen LogP contribution in [0.2, 0.25) is 0 Å². The molecule has 1 aromatic rings. The maximum absolute atomic E-state index is 13.0. The summed E-state index contributed by atoms with van der Waals surface area (Å²) in [5.41, 5.74) is -0.248. The Balaban J connectivity index is 1.33. The highest BCUT2D eigenvalue weighted by Crippen LogP contribution is 2.32. The van der Waals surface area contributed by atoms with Crippen molar-refractivity contribution in [2.45, 2.75) is 70.7 Å². The van der Waals surface area contributed by atoms with E-state index in [0.29, 0.717) is 11.6 Å². The number of halogens is 3. The molecule has 1 aromatic carbocycles. The Labute approximate surface area is 195 Å². The van der Waals surface area contributed by atoms with Crippen molar-refractivity contribution in [2.24, 2.45) is 5.92 Å². The number of hydrogen-bond acceptors (Lipinski definition) is 4. The molecule has 8 heteroatoms. The van der Waals surface area contributed by atoms with Crippen LogP contribution in [0, 0.1) is 5.92 Å².